The molecule has 0 N–H and O–H groups in total. The first-order valence-electron chi connectivity index (χ1n) is 8.98. The van der Waals surface area contributed by atoms with Crippen molar-refractivity contribution in [3.63, 3.8) is 0 Å². The molecule has 0 fully saturated rings. The fourth-order valence-electron chi connectivity index (χ4n) is 3.24. The van der Waals surface area contributed by atoms with E-state index in [0.717, 1.165) is 27.5 Å². The summed E-state index contributed by atoms with van der Waals surface area (Å²) < 4.78 is 5.30. The first-order valence-corrected chi connectivity index (χ1v) is 10.9. The predicted molar refractivity (Wildman–Crippen MR) is 113 cm³/mol. The number of fused-ring (bicyclic) bond motifs is 1. The van der Waals surface area contributed by atoms with Gasteiger partial charge in [-0.3, -0.25) is 14.5 Å². The molecule has 1 aliphatic heterocycles. The Kier molecular flexibility index (Phi) is 5.78. The highest BCUT2D eigenvalue weighted by Crippen LogP contribution is 2.43. The Morgan fingerprint density at radius 3 is 2.61 bits per heavy atom. The minimum atomic E-state index is -0.386. The molecule has 0 saturated heterocycles. The Balaban J connectivity index is 1.53. The van der Waals surface area contributed by atoms with Gasteiger partial charge in [0.1, 0.15) is 0 Å². The molecule has 0 saturated carbocycles. The summed E-state index contributed by atoms with van der Waals surface area (Å²) in [6, 6.07) is 19.6. The third-order valence-corrected chi connectivity index (χ3v) is 6.44. The van der Waals surface area contributed by atoms with Gasteiger partial charge in [-0.2, -0.15) is 11.3 Å². The van der Waals surface area contributed by atoms with Crippen molar-refractivity contribution in [3.05, 3.63) is 82.6 Å². The number of hydrogen-bond acceptors (Lipinski definition) is 5. The molecule has 0 radical (unpaired) electrons. The summed E-state index contributed by atoms with van der Waals surface area (Å²) in [5.74, 6) is 0.165. The van der Waals surface area contributed by atoms with Crippen LogP contribution in [0.25, 0.3) is 0 Å². The van der Waals surface area contributed by atoms with Crippen molar-refractivity contribution in [2.75, 3.05) is 17.3 Å². The molecule has 1 aromatic heterocycles. The molecule has 0 spiro atoms. The highest BCUT2D eigenvalue weighted by atomic mass is 32.2. The smallest absolute Gasteiger partial charge is 0.310 e. The maximum Gasteiger partial charge on any atom is 0.310 e. The number of para-hydroxylation sites is 1. The van der Waals surface area contributed by atoms with Crippen LogP contribution in [0.15, 0.2) is 76.3 Å². The number of carbonyl (C=O) groups is 2. The summed E-state index contributed by atoms with van der Waals surface area (Å²) in [7, 11) is 0. The van der Waals surface area contributed by atoms with Gasteiger partial charge in [-0.15, -0.1) is 11.8 Å². The van der Waals surface area contributed by atoms with Gasteiger partial charge in [0.05, 0.1) is 18.2 Å². The second kappa shape index (κ2) is 8.63. The fourth-order valence-corrected chi connectivity index (χ4v) is 5.08. The van der Waals surface area contributed by atoms with Crippen molar-refractivity contribution < 1.29 is 14.3 Å². The largest absolute Gasteiger partial charge is 0.455 e. The number of hydrogen-bond donors (Lipinski definition) is 0. The zero-order valence-electron chi connectivity index (χ0n) is 15.1. The van der Waals surface area contributed by atoms with E-state index in [2.05, 4.69) is 0 Å². The third kappa shape index (κ3) is 4.13. The Labute approximate surface area is 172 Å². The van der Waals surface area contributed by atoms with E-state index in [1.54, 1.807) is 16.7 Å². The topological polar surface area (TPSA) is 46.6 Å². The highest BCUT2D eigenvalue weighted by molar-refractivity contribution is 7.99. The number of benzene rings is 2. The minimum Gasteiger partial charge on any atom is -0.455 e. The average molecular weight is 410 g/mol. The SMILES string of the molecule is O=C(Cc1ccsc1)OCC(=O)N1c2ccccc2SC[C@H]1c1ccccc1. The van der Waals surface area contributed by atoms with Crippen LogP contribution in [0.3, 0.4) is 0 Å². The van der Waals surface area contributed by atoms with E-state index in [-0.39, 0.29) is 30.9 Å². The van der Waals surface area contributed by atoms with Crippen molar-refractivity contribution in [3.8, 4) is 0 Å². The lowest BCUT2D eigenvalue weighted by atomic mass is 10.1. The summed E-state index contributed by atoms with van der Waals surface area (Å²) in [4.78, 5) is 28.0. The predicted octanol–water partition coefficient (Wildman–Crippen LogP) is 4.71. The van der Waals surface area contributed by atoms with Gasteiger partial charge in [-0.05, 0) is 40.1 Å². The van der Waals surface area contributed by atoms with E-state index in [4.69, 9.17) is 4.74 Å². The summed E-state index contributed by atoms with van der Waals surface area (Å²) in [6.45, 7) is -0.259. The highest BCUT2D eigenvalue weighted by Gasteiger charge is 2.32. The number of amides is 1. The van der Waals surface area contributed by atoms with Crippen LogP contribution in [0, 0.1) is 0 Å². The van der Waals surface area contributed by atoms with Crippen LogP contribution in [0.2, 0.25) is 0 Å². The maximum atomic E-state index is 13.1. The zero-order chi connectivity index (χ0) is 19.3. The quantitative estimate of drug-likeness (QED) is 0.573. The normalized spacial score (nSPS) is 15.7. The number of anilines is 1. The van der Waals surface area contributed by atoms with Crippen molar-refractivity contribution in [1.29, 1.82) is 0 Å². The first-order chi connectivity index (χ1) is 13.7. The van der Waals surface area contributed by atoms with E-state index in [0.29, 0.717) is 0 Å². The van der Waals surface area contributed by atoms with Gasteiger partial charge in [0, 0.05) is 10.6 Å². The second-order valence-electron chi connectivity index (χ2n) is 6.44. The molecule has 2 heterocycles. The van der Waals surface area contributed by atoms with Gasteiger partial charge in [-0.1, -0.05) is 42.5 Å². The molecule has 28 heavy (non-hydrogen) atoms. The lowest BCUT2D eigenvalue weighted by Crippen LogP contribution is -2.41. The van der Waals surface area contributed by atoms with Gasteiger partial charge in [0.2, 0.25) is 0 Å². The summed E-state index contributed by atoms with van der Waals surface area (Å²) in [6.07, 6.45) is 0.186. The molecule has 1 amide bonds. The first kappa shape index (κ1) is 18.8. The van der Waals surface area contributed by atoms with Crippen molar-refractivity contribution in [2.24, 2.45) is 0 Å². The van der Waals surface area contributed by atoms with Gasteiger partial charge in [-0.25, -0.2) is 0 Å². The Hall–Kier alpha value is -2.57. The molecular weight excluding hydrogens is 390 g/mol. The van der Waals surface area contributed by atoms with Gasteiger partial charge in [0.25, 0.3) is 5.91 Å². The summed E-state index contributed by atoms with van der Waals surface area (Å²) in [5, 5.41) is 3.83. The summed E-state index contributed by atoms with van der Waals surface area (Å²) >= 11 is 3.27. The van der Waals surface area contributed by atoms with Crippen LogP contribution in [0.5, 0.6) is 0 Å². The molecule has 0 aliphatic carbocycles. The fraction of sp³-hybridized carbons (Fsp3) is 0.182. The Morgan fingerprint density at radius 2 is 1.82 bits per heavy atom. The number of carbonyl (C=O) groups excluding carboxylic acids is 2. The van der Waals surface area contributed by atoms with E-state index in [1.807, 2.05) is 71.4 Å². The number of rotatable bonds is 5. The van der Waals surface area contributed by atoms with Crippen molar-refractivity contribution in [2.45, 2.75) is 17.4 Å². The molecular formula is C22H19NO3S2. The monoisotopic (exact) mass is 409 g/mol. The van der Waals surface area contributed by atoms with Crippen LogP contribution in [0.1, 0.15) is 17.2 Å². The van der Waals surface area contributed by atoms with Crippen LogP contribution < -0.4 is 4.90 Å². The minimum absolute atomic E-state index is 0.0934. The lowest BCUT2D eigenvalue weighted by Gasteiger charge is -2.37. The number of ether oxygens (including phenoxy) is 1. The van der Waals surface area contributed by atoms with Crippen LogP contribution in [-0.2, 0) is 20.7 Å². The molecule has 6 heteroatoms. The molecule has 0 bridgehead atoms. The second-order valence-corrected chi connectivity index (χ2v) is 8.28. The van der Waals surface area contributed by atoms with Gasteiger partial charge >= 0.3 is 5.97 Å². The number of thioether (sulfide) groups is 1. The molecule has 3 aromatic rings. The van der Waals surface area contributed by atoms with Crippen LogP contribution in [-0.4, -0.2) is 24.2 Å². The number of esters is 1. The Bertz CT molecular complexity index is 957. The van der Waals surface area contributed by atoms with E-state index < -0.39 is 0 Å². The molecule has 0 unspecified atom stereocenters. The molecule has 4 nitrogen and oxygen atoms in total. The van der Waals surface area contributed by atoms with Gasteiger partial charge in [0.15, 0.2) is 6.61 Å². The summed E-state index contributed by atoms with van der Waals surface area (Å²) in [5.41, 5.74) is 2.85. The Morgan fingerprint density at radius 1 is 1.04 bits per heavy atom. The number of nitrogens with zero attached hydrogens (tertiary/aromatic N) is 1. The average Bonchev–Trinajstić information content (AvgIpc) is 3.24. The number of thiophene rings is 1. The maximum absolute atomic E-state index is 13.1. The van der Waals surface area contributed by atoms with Crippen molar-refractivity contribution >= 4 is 40.7 Å². The van der Waals surface area contributed by atoms with Crippen LogP contribution in [0.4, 0.5) is 5.69 Å². The van der Waals surface area contributed by atoms with E-state index in [1.165, 1.54) is 11.3 Å². The van der Waals surface area contributed by atoms with Gasteiger partial charge < -0.3 is 4.74 Å². The standard InChI is InChI=1S/C22H19NO3S2/c24-21(13-26-22(25)12-16-10-11-27-14-16)23-18-8-4-5-9-20(18)28-15-19(23)17-6-2-1-3-7-17/h1-11,14,19H,12-13,15H2/t19-/m0/s1. The molecule has 1 atom stereocenters. The zero-order valence-corrected chi connectivity index (χ0v) is 16.7. The van der Waals surface area contributed by atoms with Crippen LogP contribution >= 0.6 is 23.1 Å². The molecule has 1 aliphatic rings. The van der Waals surface area contributed by atoms with Crippen molar-refractivity contribution in [1.82, 2.24) is 0 Å². The molecule has 2 aromatic carbocycles. The molecule has 4 rings (SSSR count). The van der Waals surface area contributed by atoms with E-state index in [9.17, 15) is 9.59 Å². The lowest BCUT2D eigenvalue weighted by molar-refractivity contribution is -0.147. The van der Waals surface area contributed by atoms with E-state index >= 15 is 0 Å². The third-order valence-electron chi connectivity index (χ3n) is 4.57. The molecule has 142 valence electrons.